The third-order valence-corrected chi connectivity index (χ3v) is 10.1. The van der Waals surface area contributed by atoms with Crippen molar-refractivity contribution in [2.75, 3.05) is 0 Å². The van der Waals surface area contributed by atoms with Crippen molar-refractivity contribution in [1.29, 1.82) is 0 Å². The zero-order valence-corrected chi connectivity index (χ0v) is 29.1. The van der Waals surface area contributed by atoms with Gasteiger partial charge in [-0.05, 0) is 132 Å². The molecule has 2 aromatic carbocycles. The Bertz CT molecular complexity index is 2210. The van der Waals surface area contributed by atoms with E-state index in [1.54, 1.807) is 0 Å². The molecule has 0 atom stereocenters. The normalized spacial score (nSPS) is 18.8. The van der Waals surface area contributed by atoms with E-state index in [4.69, 9.17) is 15.0 Å². The Labute approximate surface area is 279 Å². The fourth-order valence-corrected chi connectivity index (χ4v) is 7.81. The zero-order valence-electron chi connectivity index (χ0n) is 26.0. The summed E-state index contributed by atoms with van der Waals surface area (Å²) in [5, 5.41) is 13.2. The molecule has 0 unspecified atom stereocenters. The average molecular weight is 721 g/mol. The van der Waals surface area contributed by atoms with Gasteiger partial charge in [-0.15, -0.1) is 0 Å². The number of allylic oxidation sites excluding steroid dienone is 8. The van der Waals surface area contributed by atoms with Crippen LogP contribution in [0.3, 0.4) is 0 Å². The van der Waals surface area contributed by atoms with E-state index in [1.807, 2.05) is 38.1 Å². The minimum atomic E-state index is -0.713. The highest BCUT2D eigenvalue weighted by atomic mass is 79.9. The van der Waals surface area contributed by atoms with Gasteiger partial charge in [0, 0.05) is 26.3 Å². The maximum Gasteiger partial charge on any atom is 0.129 e. The Morgan fingerprint density at radius 3 is 2.16 bits per heavy atom. The van der Waals surface area contributed by atoms with E-state index >= 15 is 0 Å². The Hall–Kier alpha value is -4.07. The van der Waals surface area contributed by atoms with Crippen LogP contribution in [-0.2, 0) is 0 Å². The molecule has 7 heteroatoms. The van der Waals surface area contributed by atoms with E-state index in [1.165, 1.54) is 22.3 Å². The molecule has 0 spiro atoms. The molecule has 1 aromatic heterocycles. The number of aliphatic hydroxyl groups excluding tert-OH is 1. The lowest BCUT2D eigenvalue weighted by molar-refractivity contribution is 0.320. The Balaban J connectivity index is 1.62. The van der Waals surface area contributed by atoms with Crippen molar-refractivity contribution in [3.8, 4) is 0 Å². The number of hydrogen-bond donors (Lipinski definition) is 2. The summed E-state index contributed by atoms with van der Waals surface area (Å²) in [6.07, 6.45) is 8.03. The molecule has 5 heterocycles. The molecule has 45 heavy (non-hydrogen) atoms. The van der Waals surface area contributed by atoms with Crippen LogP contribution in [0.5, 0.6) is 0 Å². The number of aromatic nitrogens is 1. The van der Waals surface area contributed by atoms with E-state index in [9.17, 15) is 5.11 Å². The number of aliphatic imine (C=N–C) groups is 3. The molecule has 4 aliphatic rings. The van der Waals surface area contributed by atoms with Gasteiger partial charge in [-0.1, -0.05) is 47.5 Å². The summed E-state index contributed by atoms with van der Waals surface area (Å²) in [6.45, 7) is 12.5. The minimum Gasteiger partial charge on any atom is -0.509 e. The van der Waals surface area contributed by atoms with Crippen molar-refractivity contribution in [2.24, 2.45) is 20.4 Å². The highest BCUT2D eigenvalue weighted by Gasteiger charge is 2.39. The summed E-state index contributed by atoms with van der Waals surface area (Å²) < 4.78 is 1.63. The van der Waals surface area contributed by atoms with Crippen molar-refractivity contribution in [3.05, 3.63) is 143 Å². The average Bonchev–Trinajstić information content (AvgIpc) is 3.77. The van der Waals surface area contributed by atoms with E-state index in [0.29, 0.717) is 5.70 Å². The Morgan fingerprint density at radius 1 is 0.733 bits per heavy atom. The molecule has 0 saturated carbocycles. The molecular weight excluding hydrogens is 688 g/mol. The smallest absolute Gasteiger partial charge is 0.129 e. The van der Waals surface area contributed by atoms with Crippen molar-refractivity contribution in [2.45, 2.75) is 41.5 Å². The van der Waals surface area contributed by atoms with Gasteiger partial charge in [0.05, 0.1) is 38.4 Å². The van der Waals surface area contributed by atoms with Crippen LogP contribution in [0.2, 0.25) is 0 Å². The second-order valence-electron chi connectivity index (χ2n) is 12.5. The van der Waals surface area contributed by atoms with Gasteiger partial charge in [0.1, 0.15) is 11.5 Å². The van der Waals surface area contributed by atoms with E-state index in [0.717, 1.165) is 70.5 Å². The summed E-state index contributed by atoms with van der Waals surface area (Å²) in [7, 11) is 0. The monoisotopic (exact) mass is 718 g/mol. The highest BCUT2D eigenvalue weighted by Crippen LogP contribution is 2.43. The molecule has 0 amide bonds. The topological polar surface area (TPSA) is 73.1 Å². The second-order valence-corrected chi connectivity index (χ2v) is 14.2. The third kappa shape index (κ3) is 4.93. The summed E-state index contributed by atoms with van der Waals surface area (Å²) in [5.41, 5.74) is 12.6. The van der Waals surface area contributed by atoms with Gasteiger partial charge < -0.3 is 10.1 Å². The van der Waals surface area contributed by atoms with Gasteiger partial charge in [0.2, 0.25) is 0 Å². The molecule has 0 aliphatic carbocycles. The summed E-state index contributed by atoms with van der Waals surface area (Å²) >= 11 is 7.72. The fourth-order valence-electron chi connectivity index (χ4n) is 6.50. The Kier molecular flexibility index (Phi) is 7.10. The van der Waals surface area contributed by atoms with Crippen LogP contribution in [0.1, 0.15) is 47.2 Å². The molecule has 7 rings (SSSR count). The lowest BCUT2D eigenvalue weighted by Crippen LogP contribution is -2.24. The van der Waals surface area contributed by atoms with E-state index < -0.39 is 5.41 Å². The number of nitrogens with one attached hydrogen (secondary N) is 1. The van der Waals surface area contributed by atoms with Crippen LogP contribution >= 0.6 is 31.9 Å². The number of nitrogens with zero attached hydrogens (tertiary/aromatic N) is 3. The fraction of sp³-hybridized carbons (Fsp3) is 0.184. The van der Waals surface area contributed by atoms with E-state index in [2.05, 4.69) is 113 Å². The lowest BCUT2D eigenvalue weighted by Gasteiger charge is -2.21. The molecule has 224 valence electrons. The first-order valence-corrected chi connectivity index (χ1v) is 16.5. The maximum atomic E-state index is 11.4. The van der Waals surface area contributed by atoms with Crippen LogP contribution < -0.4 is 10.7 Å². The van der Waals surface area contributed by atoms with Crippen LogP contribution in [0.15, 0.2) is 114 Å². The van der Waals surface area contributed by atoms with Crippen LogP contribution in [0.25, 0.3) is 17.2 Å². The molecule has 2 N–H and O–H groups in total. The number of halogens is 2. The van der Waals surface area contributed by atoms with Crippen molar-refractivity contribution >= 4 is 66.2 Å². The number of aliphatic hydroxyl groups is 1. The quantitative estimate of drug-likeness (QED) is 0.275. The lowest BCUT2D eigenvalue weighted by atomic mass is 9.86. The number of H-pyrrole nitrogens is 1. The number of benzene rings is 2. The minimum absolute atomic E-state index is 0.217. The van der Waals surface area contributed by atoms with Gasteiger partial charge in [-0.2, -0.15) is 0 Å². The standard InChI is InChI=1S/C38H32Br2N4O/c1-19-7-9-23(10-8-19)32-26-13-14-28(42-26)34(40)36-38(5,6)37(45)30(44-36)17-24-11-12-27(41-24)33(29-18-25(39)35(32)43-29)31-21(3)15-20(2)16-22(31)4/h7-18,41,45H,1-6H3. The maximum absolute atomic E-state index is 11.4. The molecule has 0 saturated heterocycles. The summed E-state index contributed by atoms with van der Waals surface area (Å²) in [6, 6.07) is 17.0. The van der Waals surface area contributed by atoms with Gasteiger partial charge in [-0.3, -0.25) is 0 Å². The highest BCUT2D eigenvalue weighted by molar-refractivity contribution is 9.12. The van der Waals surface area contributed by atoms with Crippen molar-refractivity contribution in [1.82, 2.24) is 4.98 Å². The van der Waals surface area contributed by atoms with Crippen LogP contribution in [-0.4, -0.2) is 27.2 Å². The molecular formula is C38H32Br2N4O. The number of aromatic amines is 1. The first kappa shape index (κ1) is 29.6. The van der Waals surface area contributed by atoms with E-state index in [-0.39, 0.29) is 5.76 Å². The van der Waals surface area contributed by atoms with Crippen LogP contribution in [0.4, 0.5) is 0 Å². The number of fused-ring (bicyclic) bond motifs is 5. The molecule has 3 aromatic rings. The molecule has 5 nitrogen and oxygen atoms in total. The summed E-state index contributed by atoms with van der Waals surface area (Å²) in [4.78, 5) is 19.0. The largest absolute Gasteiger partial charge is 0.509 e. The molecule has 0 fully saturated rings. The summed E-state index contributed by atoms with van der Waals surface area (Å²) in [5.74, 6) is 0.217. The molecule has 8 bridgehead atoms. The second kappa shape index (κ2) is 10.8. The number of hydrogen-bond acceptors (Lipinski definition) is 4. The van der Waals surface area contributed by atoms with Gasteiger partial charge in [0.15, 0.2) is 0 Å². The molecule has 0 radical (unpaired) electrons. The SMILES string of the molecule is Cc1ccc(C2=C3N=C(C=C3Br)C(c3c(C)cc(C)cc3C)=c3ccc([nH]3)=CC3=C(O)C(C)(C)C(=N3)C(Br)=C3C=CC2=N3)cc1. The van der Waals surface area contributed by atoms with Crippen molar-refractivity contribution < 1.29 is 5.11 Å². The van der Waals surface area contributed by atoms with Crippen molar-refractivity contribution in [3.63, 3.8) is 0 Å². The zero-order chi connectivity index (χ0) is 31.8. The first-order valence-electron chi connectivity index (χ1n) is 14.9. The molecule has 4 aliphatic heterocycles. The van der Waals surface area contributed by atoms with Crippen LogP contribution in [0, 0.1) is 33.1 Å². The predicted molar refractivity (Wildman–Crippen MR) is 194 cm³/mol. The van der Waals surface area contributed by atoms with Gasteiger partial charge in [0.25, 0.3) is 0 Å². The predicted octanol–water partition coefficient (Wildman–Crippen LogP) is 8.25. The van der Waals surface area contributed by atoms with Gasteiger partial charge in [-0.25, -0.2) is 15.0 Å². The first-order chi connectivity index (χ1) is 21.4. The third-order valence-electron chi connectivity index (χ3n) is 8.74. The number of rotatable bonds is 2. The Morgan fingerprint density at radius 2 is 1.44 bits per heavy atom. The van der Waals surface area contributed by atoms with Gasteiger partial charge >= 0.3 is 0 Å². The number of aryl methyl sites for hydroxylation is 4.